The van der Waals surface area contributed by atoms with Gasteiger partial charge in [0.2, 0.25) is 5.91 Å². The molecule has 0 bridgehead atoms. The van der Waals surface area contributed by atoms with E-state index in [0.717, 1.165) is 0 Å². The summed E-state index contributed by atoms with van der Waals surface area (Å²) in [5.74, 6) is 0.122. The van der Waals surface area contributed by atoms with Gasteiger partial charge in [-0.15, -0.1) is 6.58 Å². The topological polar surface area (TPSA) is 41.6 Å². The van der Waals surface area contributed by atoms with Gasteiger partial charge in [0.1, 0.15) is 0 Å². The van der Waals surface area contributed by atoms with Crippen LogP contribution in [0.2, 0.25) is 0 Å². The number of nitrogens with zero attached hydrogens (tertiary/aromatic N) is 1. The first-order valence-electron chi connectivity index (χ1n) is 6.05. The molecule has 0 radical (unpaired) electrons. The van der Waals surface area contributed by atoms with Crippen LogP contribution in [-0.2, 0) is 9.53 Å². The van der Waals surface area contributed by atoms with Gasteiger partial charge in [-0.05, 0) is 27.7 Å². The van der Waals surface area contributed by atoms with Gasteiger partial charge in [0.25, 0.3) is 0 Å². The van der Waals surface area contributed by atoms with E-state index in [1.165, 1.54) is 0 Å². The van der Waals surface area contributed by atoms with Gasteiger partial charge >= 0.3 is 0 Å². The number of morpholine rings is 1. The summed E-state index contributed by atoms with van der Waals surface area (Å²) in [6.45, 7) is 14.0. The molecule has 1 aliphatic rings. The van der Waals surface area contributed by atoms with E-state index >= 15 is 0 Å². The van der Waals surface area contributed by atoms with Gasteiger partial charge in [-0.25, -0.2) is 0 Å². The van der Waals surface area contributed by atoms with Crippen LogP contribution in [-0.4, -0.2) is 48.2 Å². The second-order valence-corrected chi connectivity index (χ2v) is 5.79. The number of hydrogen-bond donors (Lipinski definition) is 1. The molecule has 98 valence electrons. The first kappa shape index (κ1) is 14.2. The lowest BCUT2D eigenvalue weighted by molar-refractivity contribution is -0.187. The van der Waals surface area contributed by atoms with Crippen LogP contribution in [0.1, 0.15) is 27.7 Å². The molecule has 17 heavy (non-hydrogen) atoms. The molecule has 0 atom stereocenters. The summed E-state index contributed by atoms with van der Waals surface area (Å²) in [5.41, 5.74) is -0.564. The molecule has 1 saturated heterocycles. The van der Waals surface area contributed by atoms with Crippen molar-refractivity contribution in [2.24, 2.45) is 0 Å². The lowest BCUT2D eigenvalue weighted by Gasteiger charge is -2.47. The molecule has 1 amide bonds. The fourth-order valence-corrected chi connectivity index (χ4v) is 2.36. The molecule has 0 aliphatic carbocycles. The molecule has 1 N–H and O–H groups in total. The van der Waals surface area contributed by atoms with Gasteiger partial charge in [0.15, 0.2) is 0 Å². The summed E-state index contributed by atoms with van der Waals surface area (Å²) in [6, 6.07) is 0. The number of carbonyl (C=O) groups is 1. The normalized spacial score (nSPS) is 22.2. The van der Waals surface area contributed by atoms with Gasteiger partial charge in [0, 0.05) is 19.6 Å². The summed E-state index contributed by atoms with van der Waals surface area (Å²) in [5, 5.41) is 3.04. The molecule has 0 aromatic rings. The van der Waals surface area contributed by atoms with E-state index in [4.69, 9.17) is 4.74 Å². The maximum Gasteiger partial charge on any atom is 0.236 e. The lowest BCUT2D eigenvalue weighted by atomic mass is 9.99. The largest absolute Gasteiger partial charge is 0.366 e. The maximum absolute atomic E-state index is 12.0. The van der Waals surface area contributed by atoms with Crippen molar-refractivity contribution in [3.63, 3.8) is 0 Å². The predicted octanol–water partition coefficient (Wildman–Crippen LogP) is 1.18. The smallest absolute Gasteiger partial charge is 0.236 e. The summed E-state index contributed by atoms with van der Waals surface area (Å²) < 4.78 is 5.94. The van der Waals surface area contributed by atoms with Crippen molar-refractivity contribution in [2.75, 3.05) is 26.2 Å². The average molecular weight is 240 g/mol. The molecule has 0 unspecified atom stereocenters. The number of rotatable bonds is 4. The van der Waals surface area contributed by atoms with Crippen LogP contribution in [0.25, 0.3) is 0 Å². The molecule has 1 fully saturated rings. The van der Waals surface area contributed by atoms with Crippen LogP contribution in [0.4, 0.5) is 0 Å². The number of hydrogen-bond acceptors (Lipinski definition) is 3. The Morgan fingerprint density at radius 3 is 2.35 bits per heavy atom. The standard InChI is InChI=1S/C13H24N2O2/c1-6-7-14-8-11(16)15-9-12(2,3)17-13(4,5)10-15/h6,14H,1,7-10H2,2-5H3. The monoisotopic (exact) mass is 240 g/mol. The summed E-state index contributed by atoms with van der Waals surface area (Å²) >= 11 is 0. The Bertz CT molecular complexity index is 282. The SMILES string of the molecule is C=CCNCC(=O)N1CC(C)(C)OC(C)(C)C1. The zero-order valence-corrected chi connectivity index (χ0v) is 11.4. The molecule has 4 nitrogen and oxygen atoms in total. The highest BCUT2D eigenvalue weighted by Crippen LogP contribution is 2.27. The lowest BCUT2D eigenvalue weighted by Crippen LogP contribution is -2.59. The van der Waals surface area contributed by atoms with Crippen molar-refractivity contribution in [3.05, 3.63) is 12.7 Å². The number of nitrogens with one attached hydrogen (secondary N) is 1. The Morgan fingerprint density at radius 2 is 1.88 bits per heavy atom. The Kier molecular flexibility index (Phi) is 4.33. The minimum atomic E-state index is -0.282. The molecule has 0 aromatic carbocycles. The molecular formula is C13H24N2O2. The van der Waals surface area contributed by atoms with Crippen molar-refractivity contribution in [1.82, 2.24) is 10.2 Å². The van der Waals surface area contributed by atoms with Gasteiger partial charge in [0.05, 0.1) is 17.7 Å². The molecular weight excluding hydrogens is 216 g/mol. The molecule has 4 heteroatoms. The van der Waals surface area contributed by atoms with E-state index in [9.17, 15) is 4.79 Å². The second-order valence-electron chi connectivity index (χ2n) is 5.79. The van der Waals surface area contributed by atoms with E-state index in [1.807, 2.05) is 32.6 Å². The highest BCUT2D eigenvalue weighted by atomic mass is 16.5. The zero-order chi connectivity index (χ0) is 13.1. The van der Waals surface area contributed by atoms with Crippen molar-refractivity contribution < 1.29 is 9.53 Å². The summed E-state index contributed by atoms with van der Waals surface area (Å²) in [4.78, 5) is 13.9. The number of amides is 1. The van der Waals surface area contributed by atoms with Crippen molar-refractivity contribution in [2.45, 2.75) is 38.9 Å². The van der Waals surface area contributed by atoms with Crippen molar-refractivity contribution in [1.29, 1.82) is 0 Å². The predicted molar refractivity (Wildman–Crippen MR) is 68.9 cm³/mol. The van der Waals surface area contributed by atoms with Gasteiger partial charge in [-0.1, -0.05) is 6.08 Å². The van der Waals surface area contributed by atoms with Crippen molar-refractivity contribution >= 4 is 5.91 Å². The number of carbonyl (C=O) groups excluding carboxylic acids is 1. The molecule has 0 saturated carbocycles. The highest BCUT2D eigenvalue weighted by Gasteiger charge is 2.39. The Hall–Kier alpha value is -0.870. The first-order valence-corrected chi connectivity index (χ1v) is 6.05. The van der Waals surface area contributed by atoms with Crippen LogP contribution >= 0.6 is 0 Å². The van der Waals surface area contributed by atoms with E-state index in [2.05, 4.69) is 11.9 Å². The van der Waals surface area contributed by atoms with Crippen LogP contribution in [0.15, 0.2) is 12.7 Å². The van der Waals surface area contributed by atoms with E-state index in [1.54, 1.807) is 6.08 Å². The molecule has 1 heterocycles. The first-order chi connectivity index (χ1) is 7.76. The van der Waals surface area contributed by atoms with Gasteiger partial charge in [-0.3, -0.25) is 4.79 Å². The van der Waals surface area contributed by atoms with Crippen LogP contribution in [0, 0.1) is 0 Å². The summed E-state index contributed by atoms with van der Waals surface area (Å²) in [7, 11) is 0. The van der Waals surface area contributed by atoms with Gasteiger partial charge < -0.3 is 15.0 Å². The van der Waals surface area contributed by atoms with E-state index < -0.39 is 0 Å². The molecule has 0 spiro atoms. The Labute approximate surface area is 104 Å². The molecule has 1 aliphatic heterocycles. The van der Waals surface area contributed by atoms with Crippen molar-refractivity contribution in [3.8, 4) is 0 Å². The van der Waals surface area contributed by atoms with E-state index in [-0.39, 0.29) is 17.1 Å². The second kappa shape index (κ2) is 5.19. The Morgan fingerprint density at radius 1 is 1.35 bits per heavy atom. The Balaban J connectivity index is 2.58. The third-order valence-electron chi connectivity index (χ3n) is 2.61. The summed E-state index contributed by atoms with van der Waals surface area (Å²) in [6.07, 6.45) is 1.75. The quantitative estimate of drug-likeness (QED) is 0.592. The highest BCUT2D eigenvalue weighted by molar-refractivity contribution is 5.78. The van der Waals surface area contributed by atoms with E-state index in [0.29, 0.717) is 26.2 Å². The zero-order valence-electron chi connectivity index (χ0n) is 11.4. The number of ether oxygens (including phenoxy) is 1. The molecule has 0 aromatic heterocycles. The fraction of sp³-hybridized carbons (Fsp3) is 0.769. The fourth-order valence-electron chi connectivity index (χ4n) is 2.36. The van der Waals surface area contributed by atoms with Gasteiger partial charge in [-0.2, -0.15) is 0 Å². The third-order valence-corrected chi connectivity index (χ3v) is 2.61. The third kappa shape index (κ3) is 4.48. The average Bonchev–Trinajstić information content (AvgIpc) is 2.13. The maximum atomic E-state index is 12.0. The minimum Gasteiger partial charge on any atom is -0.366 e. The van der Waals surface area contributed by atoms with Crippen LogP contribution in [0.3, 0.4) is 0 Å². The minimum absolute atomic E-state index is 0.122. The molecule has 1 rings (SSSR count). The van der Waals surface area contributed by atoms with Crippen LogP contribution < -0.4 is 5.32 Å². The van der Waals surface area contributed by atoms with Crippen LogP contribution in [0.5, 0.6) is 0 Å².